The number of nitrogens with zero attached hydrogens (tertiary/aromatic N) is 1. The van der Waals surface area contributed by atoms with Crippen molar-refractivity contribution in [3.8, 4) is 17.2 Å². The first-order valence-corrected chi connectivity index (χ1v) is 10.5. The number of anilines is 1. The molecule has 4 rings (SSSR count). The van der Waals surface area contributed by atoms with E-state index in [-0.39, 0.29) is 5.91 Å². The van der Waals surface area contributed by atoms with Crippen molar-refractivity contribution in [1.29, 1.82) is 0 Å². The van der Waals surface area contributed by atoms with Crippen molar-refractivity contribution in [1.82, 2.24) is 4.98 Å². The van der Waals surface area contributed by atoms with Gasteiger partial charge in [-0.15, -0.1) is 0 Å². The zero-order valence-electron chi connectivity index (χ0n) is 17.6. The van der Waals surface area contributed by atoms with Crippen molar-refractivity contribution in [2.24, 2.45) is 5.92 Å². The number of oxazole rings is 1. The average Bonchev–Trinajstić information content (AvgIpc) is 3.18. The summed E-state index contributed by atoms with van der Waals surface area (Å²) >= 11 is 6.22. The van der Waals surface area contributed by atoms with Crippen molar-refractivity contribution in [2.75, 3.05) is 11.9 Å². The number of halogens is 1. The Morgan fingerprint density at radius 1 is 1.10 bits per heavy atom. The Hall–Kier alpha value is -3.31. The number of fused-ring (bicyclic) bond motifs is 1. The topological polar surface area (TPSA) is 64.4 Å². The monoisotopic (exact) mass is 434 g/mol. The molecular formula is C25H23ClN2O3. The molecule has 0 aliphatic carbocycles. The lowest BCUT2D eigenvalue weighted by Crippen LogP contribution is -2.12. The van der Waals surface area contributed by atoms with Gasteiger partial charge < -0.3 is 14.5 Å². The Bertz CT molecular complexity index is 1230. The molecule has 1 aromatic heterocycles. The van der Waals surface area contributed by atoms with Crippen LogP contribution in [-0.2, 0) is 0 Å². The summed E-state index contributed by atoms with van der Waals surface area (Å²) in [6, 6.07) is 18.2. The molecule has 0 saturated carbocycles. The van der Waals surface area contributed by atoms with Crippen molar-refractivity contribution in [3.63, 3.8) is 0 Å². The molecule has 1 heterocycles. The van der Waals surface area contributed by atoms with Crippen LogP contribution in [0.5, 0.6) is 5.75 Å². The van der Waals surface area contributed by atoms with E-state index in [0.29, 0.717) is 45.8 Å². The minimum absolute atomic E-state index is 0.205. The molecule has 3 aromatic carbocycles. The van der Waals surface area contributed by atoms with Gasteiger partial charge in [0.15, 0.2) is 5.58 Å². The van der Waals surface area contributed by atoms with Gasteiger partial charge in [-0.3, -0.25) is 4.79 Å². The van der Waals surface area contributed by atoms with E-state index in [4.69, 9.17) is 20.8 Å². The van der Waals surface area contributed by atoms with E-state index in [2.05, 4.69) is 24.1 Å². The fourth-order valence-electron chi connectivity index (χ4n) is 3.02. The molecule has 0 radical (unpaired) electrons. The molecule has 6 heteroatoms. The van der Waals surface area contributed by atoms with Crippen LogP contribution in [0.3, 0.4) is 0 Å². The van der Waals surface area contributed by atoms with Gasteiger partial charge >= 0.3 is 0 Å². The van der Waals surface area contributed by atoms with Gasteiger partial charge in [-0.25, -0.2) is 4.98 Å². The van der Waals surface area contributed by atoms with E-state index in [1.807, 2.05) is 25.1 Å². The highest BCUT2D eigenvalue weighted by molar-refractivity contribution is 6.31. The van der Waals surface area contributed by atoms with Crippen LogP contribution in [-0.4, -0.2) is 17.5 Å². The first kappa shape index (κ1) is 20.9. The first-order valence-electron chi connectivity index (χ1n) is 10.1. The minimum Gasteiger partial charge on any atom is -0.493 e. The minimum atomic E-state index is -0.205. The number of benzene rings is 3. The molecule has 1 N–H and O–H groups in total. The van der Waals surface area contributed by atoms with E-state index in [1.54, 1.807) is 42.5 Å². The number of aromatic nitrogens is 1. The fraction of sp³-hybridized carbons (Fsp3) is 0.200. The summed E-state index contributed by atoms with van der Waals surface area (Å²) in [4.78, 5) is 17.2. The number of aryl methyl sites for hydroxylation is 1. The molecule has 0 unspecified atom stereocenters. The highest BCUT2D eigenvalue weighted by atomic mass is 35.5. The predicted octanol–water partition coefficient (Wildman–Crippen LogP) is 6.74. The quantitative estimate of drug-likeness (QED) is 0.364. The maximum absolute atomic E-state index is 12.6. The molecule has 5 nitrogen and oxygen atoms in total. The Morgan fingerprint density at radius 2 is 1.87 bits per heavy atom. The smallest absolute Gasteiger partial charge is 0.255 e. The van der Waals surface area contributed by atoms with Gasteiger partial charge in [0.25, 0.3) is 5.91 Å². The van der Waals surface area contributed by atoms with E-state index in [9.17, 15) is 4.79 Å². The number of hydrogen-bond donors (Lipinski definition) is 1. The molecule has 0 aliphatic heterocycles. The number of ether oxygens (including phenoxy) is 1. The summed E-state index contributed by atoms with van der Waals surface area (Å²) in [6.07, 6.45) is 0. The molecule has 0 atom stereocenters. The van der Waals surface area contributed by atoms with Crippen molar-refractivity contribution >= 4 is 34.3 Å². The van der Waals surface area contributed by atoms with Crippen LogP contribution in [0, 0.1) is 12.8 Å². The predicted molar refractivity (Wildman–Crippen MR) is 124 cm³/mol. The molecular weight excluding hydrogens is 412 g/mol. The lowest BCUT2D eigenvalue weighted by molar-refractivity contribution is 0.102. The SMILES string of the molecule is Cc1ccc(-c2nc3cc(NC(=O)c4ccc(OCC(C)C)cc4)ccc3o2)cc1Cl. The molecule has 0 aliphatic rings. The number of rotatable bonds is 6. The zero-order chi connectivity index (χ0) is 22.0. The normalized spacial score (nSPS) is 11.1. The second-order valence-electron chi connectivity index (χ2n) is 7.85. The van der Waals surface area contributed by atoms with Gasteiger partial charge in [0.2, 0.25) is 5.89 Å². The summed E-state index contributed by atoms with van der Waals surface area (Å²) in [5, 5.41) is 3.56. The zero-order valence-corrected chi connectivity index (χ0v) is 18.4. The van der Waals surface area contributed by atoms with Crippen molar-refractivity contribution in [2.45, 2.75) is 20.8 Å². The standard InChI is InChI=1S/C25H23ClN2O3/c1-15(2)14-30-20-9-6-17(7-10-20)24(29)27-19-8-11-23-22(13-19)28-25(31-23)18-5-4-16(3)21(26)12-18/h4-13,15H,14H2,1-3H3,(H,27,29). The summed E-state index contributed by atoms with van der Waals surface area (Å²) in [5.41, 5.74) is 4.27. The number of amides is 1. The molecule has 0 saturated heterocycles. The van der Waals surface area contributed by atoms with Gasteiger partial charge in [0.1, 0.15) is 11.3 Å². The van der Waals surface area contributed by atoms with Crippen LogP contribution in [0.1, 0.15) is 29.8 Å². The number of nitrogens with one attached hydrogen (secondary N) is 1. The lowest BCUT2D eigenvalue weighted by Gasteiger charge is -2.09. The number of carbonyl (C=O) groups excluding carboxylic acids is 1. The van der Waals surface area contributed by atoms with Crippen LogP contribution >= 0.6 is 11.6 Å². The first-order chi connectivity index (χ1) is 14.9. The largest absolute Gasteiger partial charge is 0.493 e. The Labute approximate surface area is 186 Å². The molecule has 0 spiro atoms. The maximum atomic E-state index is 12.6. The Morgan fingerprint density at radius 3 is 2.58 bits per heavy atom. The Balaban J connectivity index is 1.49. The fourth-order valence-corrected chi connectivity index (χ4v) is 3.20. The Kier molecular flexibility index (Phi) is 5.96. The number of carbonyl (C=O) groups is 1. The summed E-state index contributed by atoms with van der Waals surface area (Å²) in [5.74, 6) is 1.47. The highest BCUT2D eigenvalue weighted by Gasteiger charge is 2.12. The second-order valence-corrected chi connectivity index (χ2v) is 8.26. The van der Waals surface area contributed by atoms with Gasteiger partial charge in [-0.05, 0) is 73.0 Å². The van der Waals surface area contributed by atoms with Crippen LogP contribution in [0.15, 0.2) is 65.1 Å². The maximum Gasteiger partial charge on any atom is 0.255 e. The summed E-state index contributed by atoms with van der Waals surface area (Å²) < 4.78 is 11.5. The van der Waals surface area contributed by atoms with Crippen LogP contribution in [0.2, 0.25) is 5.02 Å². The third-order valence-corrected chi connectivity index (χ3v) is 5.17. The van der Waals surface area contributed by atoms with E-state index < -0.39 is 0 Å². The van der Waals surface area contributed by atoms with Gasteiger partial charge in [-0.2, -0.15) is 0 Å². The molecule has 4 aromatic rings. The van der Waals surface area contributed by atoms with E-state index in [0.717, 1.165) is 16.9 Å². The molecule has 0 fully saturated rings. The van der Waals surface area contributed by atoms with Crippen LogP contribution < -0.4 is 10.1 Å². The van der Waals surface area contributed by atoms with E-state index in [1.165, 1.54) is 0 Å². The number of hydrogen-bond acceptors (Lipinski definition) is 4. The summed E-state index contributed by atoms with van der Waals surface area (Å²) in [7, 11) is 0. The van der Waals surface area contributed by atoms with E-state index >= 15 is 0 Å². The van der Waals surface area contributed by atoms with Crippen LogP contribution in [0.4, 0.5) is 5.69 Å². The summed E-state index contributed by atoms with van der Waals surface area (Å²) in [6.45, 7) is 6.76. The highest BCUT2D eigenvalue weighted by Crippen LogP contribution is 2.29. The molecule has 1 amide bonds. The third-order valence-electron chi connectivity index (χ3n) is 4.76. The average molecular weight is 435 g/mol. The third kappa shape index (κ3) is 4.89. The molecule has 31 heavy (non-hydrogen) atoms. The second kappa shape index (κ2) is 8.82. The van der Waals surface area contributed by atoms with Crippen LogP contribution in [0.25, 0.3) is 22.6 Å². The molecule has 0 bridgehead atoms. The van der Waals surface area contributed by atoms with Crippen molar-refractivity contribution in [3.05, 3.63) is 76.8 Å². The lowest BCUT2D eigenvalue weighted by atomic mass is 10.1. The van der Waals surface area contributed by atoms with Gasteiger partial charge in [-0.1, -0.05) is 31.5 Å². The van der Waals surface area contributed by atoms with Crippen molar-refractivity contribution < 1.29 is 13.9 Å². The molecule has 158 valence electrons. The van der Waals surface area contributed by atoms with Gasteiger partial charge in [0, 0.05) is 21.8 Å². The van der Waals surface area contributed by atoms with Gasteiger partial charge in [0.05, 0.1) is 6.61 Å².